The number of piperidine rings is 2. The van der Waals surface area contributed by atoms with Crippen molar-refractivity contribution in [1.82, 2.24) is 39.4 Å². The molecule has 8 heterocycles. The van der Waals surface area contributed by atoms with Crippen LogP contribution in [0.5, 0.6) is 5.75 Å². The highest BCUT2D eigenvalue weighted by Gasteiger charge is 2.36. The smallest absolute Gasteiger partial charge is 0.417 e. The lowest BCUT2D eigenvalue weighted by Gasteiger charge is -2.40. The van der Waals surface area contributed by atoms with Crippen LogP contribution in [-0.4, -0.2) is 84.7 Å². The van der Waals surface area contributed by atoms with Gasteiger partial charge in [0.25, 0.3) is 12.4 Å². The minimum Gasteiger partial charge on any atom is -0.424 e. The number of ether oxygens (including phenoxy) is 1. The summed E-state index contributed by atoms with van der Waals surface area (Å²) in [5, 5.41) is 18.8. The van der Waals surface area contributed by atoms with Crippen molar-refractivity contribution in [3.63, 3.8) is 0 Å². The molecule has 2 aliphatic heterocycles. The summed E-state index contributed by atoms with van der Waals surface area (Å²) in [6, 6.07) is 35.5. The highest BCUT2D eigenvalue weighted by atomic mass is 19.4. The third-order valence-corrected chi connectivity index (χ3v) is 13.0. The van der Waals surface area contributed by atoms with E-state index >= 15 is 0 Å². The normalized spacial score (nSPS) is 17.7. The van der Waals surface area contributed by atoms with E-state index in [9.17, 15) is 35.9 Å². The van der Waals surface area contributed by atoms with E-state index in [0.29, 0.717) is 72.4 Å². The zero-order valence-corrected chi connectivity index (χ0v) is 40.0. The van der Waals surface area contributed by atoms with Crippen molar-refractivity contribution in [2.24, 2.45) is 11.8 Å². The molecule has 8 aromatic rings. The van der Waals surface area contributed by atoms with Gasteiger partial charge in [-0.3, -0.25) is 9.59 Å². The predicted octanol–water partition coefficient (Wildman–Crippen LogP) is 11.8. The summed E-state index contributed by atoms with van der Waals surface area (Å²) in [6.45, 7) is 7.35. The summed E-state index contributed by atoms with van der Waals surface area (Å²) in [5.74, 6) is 1.97. The minimum atomic E-state index is -4.43. The number of carbonyl (C=O) groups excluding carboxylic acids is 2. The van der Waals surface area contributed by atoms with Gasteiger partial charge >= 0.3 is 12.4 Å². The summed E-state index contributed by atoms with van der Waals surface area (Å²) >= 11 is 0. The standard InChI is InChI=1S/C27H26F3N5O.C14H10N2O2.C13H18F3N3.CH4/c1-18-8-7-14-34(22(18)17-32-23-13-12-20(16-31-23)27(28,29)30)26(36)24-21-11-5-6-15-35(21)33-25(24)19-9-3-2-4-10-19;17-10-18-14-12-8-4-5-9-16(12)15-13(14)11-6-2-1-3-7-11;1-9-3-2-6-17-11(9)8-19-12-5-4-10(7-18-12)13(14,15)16;/h2-6,9-13,15-16,18,22H,7-8,14,17H2,1H3,(H,31,32);1-10H;4-5,7,9,11,17H,2-3,6,8H2,1H3,(H,18,19);1H4/t18-,22-;;9-,11-;/m1.1./s1. The summed E-state index contributed by atoms with van der Waals surface area (Å²) in [7, 11) is 0. The van der Waals surface area contributed by atoms with E-state index in [1.165, 1.54) is 25.0 Å². The maximum Gasteiger partial charge on any atom is 0.417 e. The molecule has 0 unspecified atom stereocenters. The Bertz CT molecular complexity index is 3060. The average molecular weight is 1020 g/mol. The van der Waals surface area contributed by atoms with Crippen LogP contribution in [0, 0.1) is 11.8 Å². The van der Waals surface area contributed by atoms with E-state index in [-0.39, 0.29) is 25.3 Å². The molecule has 0 radical (unpaired) electrons. The zero-order valence-electron chi connectivity index (χ0n) is 40.0. The highest BCUT2D eigenvalue weighted by Crippen LogP contribution is 2.35. The van der Waals surface area contributed by atoms with Gasteiger partial charge in [-0.05, 0) is 92.6 Å². The topological polar surface area (TPSA) is 143 Å². The Morgan fingerprint density at radius 2 is 1.20 bits per heavy atom. The van der Waals surface area contributed by atoms with Crippen molar-refractivity contribution in [2.75, 3.05) is 36.8 Å². The van der Waals surface area contributed by atoms with E-state index in [0.717, 1.165) is 66.1 Å². The van der Waals surface area contributed by atoms with Crippen LogP contribution in [0.4, 0.5) is 38.0 Å². The molecule has 2 fully saturated rings. The number of benzene rings is 2. The molecule has 0 saturated carbocycles. The molecule has 1 amide bonds. The van der Waals surface area contributed by atoms with Gasteiger partial charge in [-0.25, -0.2) is 19.0 Å². The van der Waals surface area contributed by atoms with E-state index in [2.05, 4.69) is 44.9 Å². The van der Waals surface area contributed by atoms with Crippen molar-refractivity contribution in [3.05, 3.63) is 163 Å². The van der Waals surface area contributed by atoms with E-state index < -0.39 is 23.5 Å². The zero-order chi connectivity index (χ0) is 51.5. The molecular weight excluding hydrogens is 963 g/mol. The van der Waals surface area contributed by atoms with Crippen LogP contribution >= 0.6 is 0 Å². The maximum absolute atomic E-state index is 14.1. The second-order valence-corrected chi connectivity index (χ2v) is 17.9. The number of nitrogens with zero attached hydrogens (tertiary/aromatic N) is 7. The Labute approximate surface area is 425 Å². The number of halogens is 6. The second kappa shape index (κ2) is 24.3. The average Bonchev–Trinajstić information content (AvgIpc) is 3.98. The lowest BCUT2D eigenvalue weighted by atomic mass is 9.89. The summed E-state index contributed by atoms with van der Waals surface area (Å²) in [4.78, 5) is 34.3. The molecule has 0 aliphatic carbocycles. The second-order valence-electron chi connectivity index (χ2n) is 17.9. The fraction of sp³-hybridized carbons (Fsp3) is 0.309. The molecule has 13 nitrogen and oxygen atoms in total. The first-order valence-corrected chi connectivity index (χ1v) is 23.9. The number of alkyl halides is 6. The molecule has 2 aromatic carbocycles. The summed E-state index contributed by atoms with van der Waals surface area (Å²) in [6.07, 6.45) is 0.754. The first-order valence-electron chi connectivity index (χ1n) is 23.9. The van der Waals surface area contributed by atoms with Gasteiger partial charge in [0.05, 0.1) is 28.2 Å². The molecule has 2 aliphatic rings. The number of nitrogens with one attached hydrogen (secondary N) is 3. The van der Waals surface area contributed by atoms with Crippen LogP contribution in [-0.2, 0) is 17.1 Å². The quantitative estimate of drug-likeness (QED) is 0.0846. The highest BCUT2D eigenvalue weighted by molar-refractivity contribution is 6.06. The number of rotatable bonds is 11. The number of amides is 1. The molecule has 2 saturated heterocycles. The molecule has 19 heteroatoms. The Hall–Kier alpha value is -7.80. The predicted molar refractivity (Wildman–Crippen MR) is 274 cm³/mol. The molecular formula is C55H58F6N10O3. The monoisotopic (exact) mass is 1020 g/mol. The van der Waals surface area contributed by atoms with Crippen LogP contribution in [0.25, 0.3) is 33.5 Å². The largest absolute Gasteiger partial charge is 0.424 e. The summed E-state index contributed by atoms with van der Waals surface area (Å²) in [5.41, 5.74) is 3.60. The molecule has 388 valence electrons. The number of anilines is 2. The Balaban J connectivity index is 0.000000177. The SMILES string of the molecule is C.C[C@@H]1CCCN(C(=O)c2c(-c3ccccc3)nn3ccccc23)[C@@H]1CNc1ccc(C(F)(F)F)cn1.C[C@@H]1CCCN[C@@H]1CNc1ccc(C(F)(F)F)cn1.O=COc1c(-c2ccccc2)nn2ccccc12. The molecule has 3 N–H and O–H groups in total. The van der Waals surface area contributed by atoms with Gasteiger partial charge in [-0.2, -0.15) is 36.5 Å². The Morgan fingerprint density at radius 1 is 0.676 bits per heavy atom. The van der Waals surface area contributed by atoms with Gasteiger partial charge in [0.2, 0.25) is 0 Å². The van der Waals surface area contributed by atoms with Crippen LogP contribution in [0.2, 0.25) is 0 Å². The third-order valence-electron chi connectivity index (χ3n) is 13.0. The van der Waals surface area contributed by atoms with Gasteiger partial charge in [0.15, 0.2) is 5.75 Å². The lowest BCUT2D eigenvalue weighted by molar-refractivity contribution is -0.138. The van der Waals surface area contributed by atoms with Crippen LogP contribution in [0.3, 0.4) is 0 Å². The van der Waals surface area contributed by atoms with Gasteiger partial charge in [0, 0.05) is 61.6 Å². The van der Waals surface area contributed by atoms with E-state index in [1.807, 2.05) is 114 Å². The number of carbonyl (C=O) groups is 2. The minimum absolute atomic E-state index is 0. The van der Waals surface area contributed by atoms with E-state index in [4.69, 9.17) is 9.84 Å². The van der Waals surface area contributed by atoms with Crippen LogP contribution < -0.4 is 20.7 Å². The lowest BCUT2D eigenvalue weighted by Crippen LogP contribution is -2.51. The number of aromatic nitrogens is 6. The number of hydrogen-bond acceptors (Lipinski definition) is 10. The fourth-order valence-corrected chi connectivity index (χ4v) is 9.03. The van der Waals surface area contributed by atoms with E-state index in [1.54, 1.807) is 9.03 Å². The molecule has 4 atom stereocenters. The van der Waals surface area contributed by atoms with Gasteiger partial charge in [0.1, 0.15) is 28.5 Å². The van der Waals surface area contributed by atoms with Gasteiger partial charge in [-0.15, -0.1) is 0 Å². The number of likely N-dealkylation sites (tertiary alicyclic amines) is 1. The molecule has 0 bridgehead atoms. The van der Waals surface area contributed by atoms with Gasteiger partial charge in [-0.1, -0.05) is 94.1 Å². The first-order chi connectivity index (χ1) is 35.2. The Morgan fingerprint density at radius 3 is 1.76 bits per heavy atom. The van der Waals surface area contributed by atoms with Gasteiger partial charge < -0.3 is 25.6 Å². The number of hydrogen-bond donors (Lipinski definition) is 3. The molecule has 0 spiro atoms. The molecule has 74 heavy (non-hydrogen) atoms. The first kappa shape index (κ1) is 54.0. The van der Waals surface area contributed by atoms with Crippen molar-refractivity contribution in [1.29, 1.82) is 0 Å². The van der Waals surface area contributed by atoms with Crippen molar-refractivity contribution < 1.29 is 40.7 Å². The number of pyridine rings is 4. The third kappa shape index (κ3) is 13.0. The molecule has 6 aromatic heterocycles. The maximum atomic E-state index is 14.1. The molecule has 10 rings (SSSR count). The Kier molecular flexibility index (Phi) is 17.7. The van der Waals surface area contributed by atoms with Crippen LogP contribution in [0.1, 0.15) is 68.4 Å². The van der Waals surface area contributed by atoms with Crippen LogP contribution in [0.15, 0.2) is 146 Å². The van der Waals surface area contributed by atoms with Crippen molar-refractivity contribution in [2.45, 2.75) is 71.4 Å². The summed E-state index contributed by atoms with van der Waals surface area (Å²) < 4.78 is 84.3. The van der Waals surface area contributed by atoms with Crippen molar-refractivity contribution >= 4 is 35.0 Å². The fourth-order valence-electron chi connectivity index (χ4n) is 9.03. The van der Waals surface area contributed by atoms with Crippen molar-refractivity contribution in [3.8, 4) is 28.3 Å². The number of fused-ring (bicyclic) bond motifs is 2.